The summed E-state index contributed by atoms with van der Waals surface area (Å²) in [5, 5.41) is 0. The molecule has 0 fully saturated rings. The van der Waals surface area contributed by atoms with Crippen LogP contribution in [0, 0.1) is 0 Å². The summed E-state index contributed by atoms with van der Waals surface area (Å²) in [6.45, 7) is 5.29. The van der Waals surface area contributed by atoms with Gasteiger partial charge in [-0.15, -0.1) is 0 Å². The predicted octanol–water partition coefficient (Wildman–Crippen LogP) is 5.51. The molecule has 0 aromatic carbocycles. The van der Waals surface area contributed by atoms with Gasteiger partial charge in [-0.25, -0.2) is 0 Å². The maximum Gasteiger partial charge on any atom is 0.500 e. The van der Waals surface area contributed by atoms with Crippen molar-refractivity contribution in [3.8, 4) is 0 Å². The molecule has 0 aromatic heterocycles. The number of unbranched alkanes of at least 4 members (excludes halogenated alkanes) is 10. The minimum Gasteiger partial charge on any atom is -0.379 e. The molecule has 0 aromatic rings. The molecule has 0 aliphatic carbocycles. The van der Waals surface area contributed by atoms with Crippen molar-refractivity contribution in [2.45, 2.75) is 90.0 Å². The van der Waals surface area contributed by atoms with E-state index in [2.05, 4.69) is 25.9 Å². The minimum absolute atomic E-state index is 0.550. The Bertz CT molecular complexity index is 315. The Morgan fingerprint density at radius 2 is 1.18 bits per heavy atom. The zero-order valence-corrected chi connectivity index (χ0v) is 20.6. The SMILES string of the molecule is CCCCCCCCCCCCCOCCO[Si](CCCN(C)C)(OC)OC. The lowest BCUT2D eigenvalue weighted by Crippen LogP contribution is -2.45. The third kappa shape index (κ3) is 16.9. The zero-order chi connectivity index (χ0) is 20.9. The minimum atomic E-state index is -2.52. The van der Waals surface area contributed by atoms with Crippen molar-refractivity contribution in [1.29, 1.82) is 0 Å². The monoisotopic (exact) mass is 419 g/mol. The number of hydrogen-bond donors (Lipinski definition) is 0. The molecule has 0 bridgehead atoms. The van der Waals surface area contributed by atoms with Gasteiger partial charge < -0.3 is 22.9 Å². The van der Waals surface area contributed by atoms with E-state index in [0.717, 1.165) is 32.0 Å². The van der Waals surface area contributed by atoms with Gasteiger partial charge in [-0.1, -0.05) is 71.1 Å². The fourth-order valence-electron chi connectivity index (χ4n) is 3.32. The molecule has 0 spiro atoms. The fourth-order valence-corrected chi connectivity index (χ4v) is 5.26. The Morgan fingerprint density at radius 1 is 0.643 bits per heavy atom. The maximum absolute atomic E-state index is 5.97. The van der Waals surface area contributed by atoms with Crippen molar-refractivity contribution in [2.75, 3.05) is 54.7 Å². The number of rotatable bonds is 22. The first kappa shape index (κ1) is 28.0. The van der Waals surface area contributed by atoms with Crippen LogP contribution in [0.1, 0.15) is 84.0 Å². The first-order valence-electron chi connectivity index (χ1n) is 11.6. The molecule has 0 atom stereocenters. The Labute approximate surface area is 176 Å². The molecule has 0 radical (unpaired) electrons. The van der Waals surface area contributed by atoms with Crippen LogP contribution < -0.4 is 0 Å². The average Bonchev–Trinajstić information content (AvgIpc) is 2.69. The molecular formula is C22H49NO4Si. The van der Waals surface area contributed by atoms with Crippen molar-refractivity contribution in [3.63, 3.8) is 0 Å². The van der Waals surface area contributed by atoms with Gasteiger partial charge in [0.05, 0.1) is 13.2 Å². The second-order valence-electron chi connectivity index (χ2n) is 7.99. The van der Waals surface area contributed by atoms with Gasteiger partial charge in [0.2, 0.25) is 0 Å². The van der Waals surface area contributed by atoms with Crippen molar-refractivity contribution >= 4 is 8.80 Å². The van der Waals surface area contributed by atoms with Crippen molar-refractivity contribution in [3.05, 3.63) is 0 Å². The molecule has 0 saturated heterocycles. The van der Waals surface area contributed by atoms with E-state index < -0.39 is 8.80 Å². The van der Waals surface area contributed by atoms with Crippen LogP contribution in [-0.2, 0) is 18.0 Å². The van der Waals surface area contributed by atoms with E-state index in [9.17, 15) is 0 Å². The molecule has 0 aliphatic rings. The number of nitrogens with zero attached hydrogens (tertiary/aromatic N) is 1. The van der Waals surface area contributed by atoms with Gasteiger partial charge in [0, 0.05) is 26.9 Å². The van der Waals surface area contributed by atoms with Crippen LogP contribution >= 0.6 is 0 Å². The molecule has 0 saturated carbocycles. The maximum atomic E-state index is 5.97. The largest absolute Gasteiger partial charge is 0.500 e. The Kier molecular flexibility index (Phi) is 20.3. The van der Waals surface area contributed by atoms with Gasteiger partial charge in [0.15, 0.2) is 0 Å². The van der Waals surface area contributed by atoms with E-state index in [0.29, 0.717) is 13.2 Å². The van der Waals surface area contributed by atoms with E-state index in [1.54, 1.807) is 14.2 Å². The smallest absolute Gasteiger partial charge is 0.379 e. The van der Waals surface area contributed by atoms with Crippen LogP contribution in [0.3, 0.4) is 0 Å². The van der Waals surface area contributed by atoms with E-state index in [1.807, 2.05) is 0 Å². The van der Waals surface area contributed by atoms with Gasteiger partial charge in [-0.2, -0.15) is 0 Å². The second-order valence-corrected chi connectivity index (χ2v) is 11.0. The summed E-state index contributed by atoms with van der Waals surface area (Å²) in [5.74, 6) is 0. The molecule has 170 valence electrons. The lowest BCUT2D eigenvalue weighted by Gasteiger charge is -2.26. The summed E-state index contributed by atoms with van der Waals surface area (Å²) in [7, 11) is 5.01. The molecule has 0 aliphatic heterocycles. The Balaban J connectivity index is 3.48. The number of ether oxygens (including phenoxy) is 1. The fraction of sp³-hybridized carbons (Fsp3) is 1.00. The third-order valence-corrected chi connectivity index (χ3v) is 8.01. The highest BCUT2D eigenvalue weighted by atomic mass is 28.4. The van der Waals surface area contributed by atoms with E-state index in [-0.39, 0.29) is 0 Å². The van der Waals surface area contributed by atoms with Gasteiger partial charge in [-0.05, 0) is 33.5 Å². The molecule has 0 heterocycles. The lowest BCUT2D eigenvalue weighted by molar-refractivity contribution is 0.0481. The van der Waals surface area contributed by atoms with Crippen LogP contribution in [0.15, 0.2) is 0 Å². The molecule has 6 heteroatoms. The first-order valence-corrected chi connectivity index (χ1v) is 13.5. The topological polar surface area (TPSA) is 40.2 Å². The summed E-state index contributed by atoms with van der Waals surface area (Å²) < 4.78 is 22.9. The summed E-state index contributed by atoms with van der Waals surface area (Å²) >= 11 is 0. The quantitative estimate of drug-likeness (QED) is 0.171. The number of hydrogen-bond acceptors (Lipinski definition) is 5. The van der Waals surface area contributed by atoms with Gasteiger partial charge in [0.25, 0.3) is 0 Å². The lowest BCUT2D eigenvalue weighted by atomic mass is 10.1. The van der Waals surface area contributed by atoms with Gasteiger partial charge in [0.1, 0.15) is 0 Å². The molecule has 0 amide bonds. The summed E-state index contributed by atoms with van der Waals surface area (Å²) in [6, 6.07) is 0.844. The van der Waals surface area contributed by atoms with E-state index in [4.69, 9.17) is 18.0 Å². The van der Waals surface area contributed by atoms with Crippen molar-refractivity contribution in [1.82, 2.24) is 4.90 Å². The van der Waals surface area contributed by atoms with Gasteiger partial charge in [-0.3, -0.25) is 0 Å². The highest BCUT2D eigenvalue weighted by molar-refractivity contribution is 6.60. The van der Waals surface area contributed by atoms with E-state index in [1.165, 1.54) is 64.2 Å². The average molecular weight is 420 g/mol. The van der Waals surface area contributed by atoms with Crippen molar-refractivity contribution in [2.24, 2.45) is 0 Å². The molecule has 0 N–H and O–H groups in total. The molecular weight excluding hydrogens is 370 g/mol. The van der Waals surface area contributed by atoms with Crippen molar-refractivity contribution < 1.29 is 18.0 Å². The van der Waals surface area contributed by atoms with Crippen LogP contribution in [0.2, 0.25) is 6.04 Å². The zero-order valence-electron chi connectivity index (χ0n) is 19.6. The third-order valence-electron chi connectivity index (χ3n) is 5.15. The molecule has 5 nitrogen and oxygen atoms in total. The van der Waals surface area contributed by atoms with Crippen LogP contribution in [-0.4, -0.2) is 68.4 Å². The first-order chi connectivity index (χ1) is 13.6. The molecule has 28 heavy (non-hydrogen) atoms. The Hall–Kier alpha value is 0.0169. The molecule has 0 rings (SSSR count). The highest BCUT2D eigenvalue weighted by Gasteiger charge is 2.38. The summed E-state index contributed by atoms with van der Waals surface area (Å²) in [5.41, 5.74) is 0. The summed E-state index contributed by atoms with van der Waals surface area (Å²) in [4.78, 5) is 2.17. The highest BCUT2D eigenvalue weighted by Crippen LogP contribution is 2.16. The Morgan fingerprint density at radius 3 is 1.68 bits per heavy atom. The van der Waals surface area contributed by atoms with Crippen LogP contribution in [0.5, 0.6) is 0 Å². The second kappa shape index (κ2) is 20.3. The predicted molar refractivity (Wildman–Crippen MR) is 121 cm³/mol. The van der Waals surface area contributed by atoms with E-state index >= 15 is 0 Å². The van der Waals surface area contributed by atoms with Crippen LogP contribution in [0.25, 0.3) is 0 Å². The standard InChI is InChI=1S/C22H49NO4Si/c1-6-7-8-9-10-11-12-13-14-15-16-19-26-20-21-27-28(24-4,25-5)22-17-18-23(2)3/h6-22H2,1-5H3. The normalized spacial score (nSPS) is 12.2. The molecule has 0 unspecified atom stereocenters. The summed E-state index contributed by atoms with van der Waals surface area (Å²) in [6.07, 6.45) is 16.0. The van der Waals surface area contributed by atoms with Gasteiger partial charge >= 0.3 is 8.80 Å². The van der Waals surface area contributed by atoms with Crippen LogP contribution in [0.4, 0.5) is 0 Å².